The second-order valence-corrected chi connectivity index (χ2v) is 6.84. The van der Waals surface area contributed by atoms with Crippen LogP contribution in [0.25, 0.3) is 0 Å². The average Bonchev–Trinajstić information content (AvgIpc) is 2.28. The standard InChI is InChI=1S/C12H14OSi/c1-5-11-7-9-12(10-8-11)14(4,6-2)13-3/h1,6-10H,2H2,3-4H3. The molecule has 1 aromatic rings. The first kappa shape index (κ1) is 10.8. The third kappa shape index (κ3) is 1.95. The maximum atomic E-state index is 5.52. The molecular formula is C12H14OSi. The summed E-state index contributed by atoms with van der Waals surface area (Å²) in [4.78, 5) is 0. The van der Waals surface area contributed by atoms with E-state index in [4.69, 9.17) is 10.8 Å². The topological polar surface area (TPSA) is 9.23 Å². The summed E-state index contributed by atoms with van der Waals surface area (Å²) in [6, 6.07) is 7.91. The molecule has 1 atom stereocenters. The second kappa shape index (κ2) is 4.27. The Hall–Kier alpha value is -1.30. The first-order chi connectivity index (χ1) is 6.66. The molecule has 0 bridgehead atoms. The number of hydrogen-bond acceptors (Lipinski definition) is 1. The molecule has 0 amide bonds. The van der Waals surface area contributed by atoms with Crippen molar-refractivity contribution < 1.29 is 4.43 Å². The van der Waals surface area contributed by atoms with Crippen LogP contribution in [0.1, 0.15) is 5.56 Å². The van der Waals surface area contributed by atoms with E-state index in [0.717, 1.165) is 5.56 Å². The van der Waals surface area contributed by atoms with Crippen LogP contribution in [0.3, 0.4) is 0 Å². The zero-order valence-corrected chi connectivity index (χ0v) is 9.58. The van der Waals surface area contributed by atoms with Gasteiger partial charge in [0, 0.05) is 12.7 Å². The van der Waals surface area contributed by atoms with Crippen molar-refractivity contribution in [2.45, 2.75) is 6.55 Å². The zero-order valence-electron chi connectivity index (χ0n) is 8.58. The Morgan fingerprint density at radius 2 is 2.00 bits per heavy atom. The van der Waals surface area contributed by atoms with Gasteiger partial charge in [-0.15, -0.1) is 13.0 Å². The van der Waals surface area contributed by atoms with Crippen molar-refractivity contribution in [3.8, 4) is 12.3 Å². The van der Waals surface area contributed by atoms with Crippen molar-refractivity contribution in [1.82, 2.24) is 0 Å². The van der Waals surface area contributed by atoms with E-state index in [1.807, 2.05) is 30.0 Å². The predicted molar refractivity (Wildman–Crippen MR) is 62.8 cm³/mol. The second-order valence-electron chi connectivity index (χ2n) is 3.24. The minimum atomic E-state index is -1.91. The van der Waals surface area contributed by atoms with Crippen LogP contribution in [0.15, 0.2) is 36.5 Å². The Kier molecular flexibility index (Phi) is 3.29. The Balaban J connectivity index is 3.08. The lowest BCUT2D eigenvalue weighted by Crippen LogP contribution is -2.45. The summed E-state index contributed by atoms with van der Waals surface area (Å²) in [6.45, 7) is 5.92. The van der Waals surface area contributed by atoms with Crippen LogP contribution in [0.2, 0.25) is 6.55 Å². The fourth-order valence-electron chi connectivity index (χ4n) is 1.22. The van der Waals surface area contributed by atoms with Gasteiger partial charge in [-0.05, 0) is 23.9 Å². The van der Waals surface area contributed by atoms with Gasteiger partial charge in [0.2, 0.25) is 8.32 Å². The highest BCUT2D eigenvalue weighted by Gasteiger charge is 2.25. The minimum absolute atomic E-state index is 0.894. The number of rotatable bonds is 3. The zero-order chi connectivity index (χ0) is 10.6. The van der Waals surface area contributed by atoms with Crippen molar-refractivity contribution in [3.63, 3.8) is 0 Å². The van der Waals surface area contributed by atoms with E-state index in [1.165, 1.54) is 5.19 Å². The lowest BCUT2D eigenvalue weighted by atomic mass is 10.2. The molecule has 0 saturated carbocycles. The molecule has 0 aliphatic carbocycles. The maximum absolute atomic E-state index is 5.52. The van der Waals surface area contributed by atoms with Crippen LogP contribution in [0.5, 0.6) is 0 Å². The summed E-state index contributed by atoms with van der Waals surface area (Å²) in [5.41, 5.74) is 2.81. The van der Waals surface area contributed by atoms with Crippen LogP contribution >= 0.6 is 0 Å². The molecule has 72 valence electrons. The molecule has 1 nitrogen and oxygen atoms in total. The van der Waals surface area contributed by atoms with E-state index in [1.54, 1.807) is 7.11 Å². The summed E-state index contributed by atoms with van der Waals surface area (Å²) in [6.07, 6.45) is 5.28. The Morgan fingerprint density at radius 1 is 1.43 bits per heavy atom. The average molecular weight is 202 g/mol. The van der Waals surface area contributed by atoms with Gasteiger partial charge in [-0.3, -0.25) is 0 Å². The SMILES string of the molecule is C#Cc1ccc([Si](C)(C=C)OC)cc1. The van der Waals surface area contributed by atoms with Gasteiger partial charge in [0.05, 0.1) is 0 Å². The van der Waals surface area contributed by atoms with E-state index < -0.39 is 8.32 Å². The van der Waals surface area contributed by atoms with Gasteiger partial charge in [0.1, 0.15) is 0 Å². The van der Waals surface area contributed by atoms with Crippen molar-refractivity contribution in [2.75, 3.05) is 7.11 Å². The van der Waals surface area contributed by atoms with E-state index >= 15 is 0 Å². The van der Waals surface area contributed by atoms with Crippen molar-refractivity contribution in [2.24, 2.45) is 0 Å². The van der Waals surface area contributed by atoms with Crippen LogP contribution < -0.4 is 5.19 Å². The molecule has 14 heavy (non-hydrogen) atoms. The molecule has 0 aromatic heterocycles. The summed E-state index contributed by atoms with van der Waals surface area (Å²) >= 11 is 0. The summed E-state index contributed by atoms with van der Waals surface area (Å²) < 4.78 is 5.52. The molecule has 0 spiro atoms. The fraction of sp³-hybridized carbons (Fsp3) is 0.167. The Bertz CT molecular complexity index is 361. The molecule has 1 unspecified atom stereocenters. The van der Waals surface area contributed by atoms with Gasteiger partial charge in [0.15, 0.2) is 0 Å². The molecule has 0 heterocycles. The highest BCUT2D eigenvalue weighted by molar-refractivity contribution is 6.89. The normalized spacial score (nSPS) is 14.1. The molecule has 1 aromatic carbocycles. The van der Waals surface area contributed by atoms with Gasteiger partial charge in [-0.2, -0.15) is 0 Å². The largest absolute Gasteiger partial charge is 0.412 e. The Labute approximate surface area is 86.5 Å². The lowest BCUT2D eigenvalue weighted by molar-refractivity contribution is 0.420. The molecule has 0 radical (unpaired) electrons. The molecule has 1 rings (SSSR count). The van der Waals surface area contributed by atoms with Gasteiger partial charge in [-0.1, -0.05) is 23.8 Å². The highest BCUT2D eigenvalue weighted by atomic mass is 28.4. The van der Waals surface area contributed by atoms with Gasteiger partial charge in [0.25, 0.3) is 0 Å². The number of hydrogen-bond donors (Lipinski definition) is 0. The summed E-state index contributed by atoms with van der Waals surface area (Å²) in [7, 11) is -0.189. The van der Waals surface area contributed by atoms with Crippen LogP contribution in [-0.4, -0.2) is 15.4 Å². The van der Waals surface area contributed by atoms with Gasteiger partial charge < -0.3 is 4.43 Å². The minimum Gasteiger partial charge on any atom is -0.412 e. The third-order valence-electron chi connectivity index (χ3n) is 2.44. The molecule has 0 fully saturated rings. The molecule has 2 heteroatoms. The first-order valence-corrected chi connectivity index (χ1v) is 6.90. The van der Waals surface area contributed by atoms with Crippen LogP contribution in [-0.2, 0) is 4.43 Å². The van der Waals surface area contributed by atoms with Crippen LogP contribution in [0, 0.1) is 12.3 Å². The van der Waals surface area contributed by atoms with Crippen molar-refractivity contribution >= 4 is 13.5 Å². The van der Waals surface area contributed by atoms with E-state index in [-0.39, 0.29) is 0 Å². The molecular weight excluding hydrogens is 188 g/mol. The van der Waals surface area contributed by atoms with Gasteiger partial charge in [-0.25, -0.2) is 0 Å². The Morgan fingerprint density at radius 3 is 2.36 bits per heavy atom. The smallest absolute Gasteiger partial charge is 0.244 e. The predicted octanol–water partition coefficient (Wildman–Crippen LogP) is 1.82. The van der Waals surface area contributed by atoms with E-state index in [2.05, 4.69) is 19.0 Å². The van der Waals surface area contributed by atoms with Gasteiger partial charge >= 0.3 is 0 Å². The fourth-order valence-corrected chi connectivity index (χ4v) is 2.68. The molecule has 0 aliphatic heterocycles. The van der Waals surface area contributed by atoms with E-state index in [0.29, 0.717) is 0 Å². The molecule has 0 aliphatic rings. The monoisotopic (exact) mass is 202 g/mol. The molecule has 0 N–H and O–H groups in total. The maximum Gasteiger partial charge on any atom is 0.244 e. The highest BCUT2D eigenvalue weighted by Crippen LogP contribution is 2.06. The van der Waals surface area contributed by atoms with Crippen LogP contribution in [0.4, 0.5) is 0 Å². The molecule has 0 saturated heterocycles. The quantitative estimate of drug-likeness (QED) is 0.536. The van der Waals surface area contributed by atoms with Crippen molar-refractivity contribution in [3.05, 3.63) is 42.1 Å². The lowest BCUT2D eigenvalue weighted by Gasteiger charge is -2.21. The van der Waals surface area contributed by atoms with E-state index in [9.17, 15) is 0 Å². The number of terminal acetylenes is 1. The summed E-state index contributed by atoms with van der Waals surface area (Å²) in [5.74, 6) is 2.59. The van der Waals surface area contributed by atoms with Crippen molar-refractivity contribution in [1.29, 1.82) is 0 Å². The summed E-state index contributed by atoms with van der Waals surface area (Å²) in [5, 5.41) is 1.19. The first-order valence-electron chi connectivity index (χ1n) is 4.42. The third-order valence-corrected chi connectivity index (χ3v) is 5.55. The number of benzene rings is 1.